The molecule has 2 N–H and O–H groups in total. The number of hydrogen-bond donors (Lipinski definition) is 2. The van der Waals surface area contributed by atoms with Crippen molar-refractivity contribution < 1.29 is 14.3 Å². The van der Waals surface area contributed by atoms with Gasteiger partial charge >= 0.3 is 5.97 Å². The molecule has 0 fully saturated rings. The van der Waals surface area contributed by atoms with Gasteiger partial charge in [-0.3, -0.25) is 0 Å². The van der Waals surface area contributed by atoms with E-state index in [9.17, 15) is 9.90 Å². The number of carbonyl (C=O) groups is 1. The van der Waals surface area contributed by atoms with Crippen molar-refractivity contribution in [3.05, 3.63) is 36.4 Å². The van der Waals surface area contributed by atoms with Crippen LogP contribution in [0, 0.1) is 5.92 Å². The first-order chi connectivity index (χ1) is 12.9. The van der Waals surface area contributed by atoms with Crippen LogP contribution >= 0.6 is 0 Å². The fourth-order valence-corrected chi connectivity index (χ4v) is 3.10. The number of carboxylic acid groups (broad SMARTS) is 1. The Kier molecular flexibility index (Phi) is 4.02. The van der Waals surface area contributed by atoms with Gasteiger partial charge in [0, 0.05) is 28.1 Å². The van der Waals surface area contributed by atoms with Crippen molar-refractivity contribution in [3.8, 4) is 11.4 Å². The Balaban J connectivity index is 1.74. The van der Waals surface area contributed by atoms with Crippen LogP contribution in [0.5, 0.6) is 0 Å². The van der Waals surface area contributed by atoms with Gasteiger partial charge in [0.05, 0.1) is 7.05 Å². The van der Waals surface area contributed by atoms with Crippen LogP contribution < -0.4 is 5.32 Å². The van der Waals surface area contributed by atoms with Crippen molar-refractivity contribution in [2.45, 2.75) is 19.9 Å². The summed E-state index contributed by atoms with van der Waals surface area (Å²) in [7, 11) is 1.72. The fourth-order valence-electron chi connectivity index (χ4n) is 3.10. The molecule has 2 aromatic heterocycles. The number of furan rings is 1. The van der Waals surface area contributed by atoms with Crippen molar-refractivity contribution in [1.82, 2.24) is 20.2 Å². The van der Waals surface area contributed by atoms with E-state index in [1.165, 1.54) is 4.80 Å². The Labute approximate surface area is 154 Å². The number of nitrogens with one attached hydrogen (secondary N) is 1. The van der Waals surface area contributed by atoms with Gasteiger partial charge in [-0.15, -0.1) is 10.2 Å². The van der Waals surface area contributed by atoms with E-state index in [0.717, 1.165) is 21.9 Å². The van der Waals surface area contributed by atoms with E-state index in [1.54, 1.807) is 7.05 Å². The van der Waals surface area contributed by atoms with Crippen molar-refractivity contribution in [1.29, 1.82) is 0 Å². The molecule has 1 unspecified atom stereocenters. The second kappa shape index (κ2) is 6.39. The molecule has 27 heavy (non-hydrogen) atoms. The number of tetrazole rings is 1. The monoisotopic (exact) mass is 365 g/mol. The molecule has 4 aromatic rings. The van der Waals surface area contributed by atoms with Crippen LogP contribution in [0.1, 0.15) is 13.8 Å². The lowest BCUT2D eigenvalue weighted by molar-refractivity contribution is -0.138. The fraction of sp³-hybridized carbons (Fsp3) is 0.263. The zero-order valence-electron chi connectivity index (χ0n) is 15.2. The lowest BCUT2D eigenvalue weighted by atomic mass is 10.0. The number of rotatable bonds is 5. The minimum Gasteiger partial charge on any atom is -0.480 e. The number of benzene rings is 2. The topological polar surface area (TPSA) is 106 Å². The molecule has 2 heterocycles. The normalized spacial score (nSPS) is 12.7. The Bertz CT molecular complexity index is 1140. The standard InChI is InChI=1S/C19H19N5O3/c1-10(2)17(19(25)26)20-12-5-6-13-14-8-11(18-21-23-24(3)22-18)4-7-15(14)27-16(13)9-12/h4-10,17,20H,1-3H3,(H,25,26). The molecule has 0 aliphatic carbocycles. The van der Waals surface area contributed by atoms with Crippen LogP contribution in [0.4, 0.5) is 5.69 Å². The highest BCUT2D eigenvalue weighted by molar-refractivity contribution is 6.07. The first-order valence-corrected chi connectivity index (χ1v) is 8.62. The summed E-state index contributed by atoms with van der Waals surface area (Å²) in [4.78, 5) is 12.8. The number of aryl methyl sites for hydroxylation is 1. The van der Waals surface area contributed by atoms with Crippen LogP contribution in [0.15, 0.2) is 40.8 Å². The molecule has 138 valence electrons. The third kappa shape index (κ3) is 3.10. The van der Waals surface area contributed by atoms with Gasteiger partial charge in [-0.2, -0.15) is 4.80 Å². The Morgan fingerprint density at radius 1 is 1.15 bits per heavy atom. The number of fused-ring (bicyclic) bond motifs is 3. The number of carboxylic acids is 1. The third-order valence-electron chi connectivity index (χ3n) is 4.49. The molecular weight excluding hydrogens is 346 g/mol. The Morgan fingerprint density at radius 3 is 2.63 bits per heavy atom. The second-order valence-electron chi connectivity index (χ2n) is 6.83. The number of hydrogen-bond acceptors (Lipinski definition) is 6. The highest BCUT2D eigenvalue weighted by atomic mass is 16.4. The summed E-state index contributed by atoms with van der Waals surface area (Å²) < 4.78 is 5.94. The average Bonchev–Trinajstić information content (AvgIpc) is 3.21. The average molecular weight is 365 g/mol. The molecule has 8 nitrogen and oxygen atoms in total. The van der Waals surface area contributed by atoms with E-state index in [1.807, 2.05) is 50.2 Å². The molecular formula is C19H19N5O3. The Morgan fingerprint density at radius 2 is 1.96 bits per heavy atom. The number of nitrogens with zero attached hydrogens (tertiary/aromatic N) is 4. The molecule has 0 radical (unpaired) electrons. The lowest BCUT2D eigenvalue weighted by Crippen LogP contribution is -2.34. The molecule has 4 rings (SSSR count). The summed E-state index contributed by atoms with van der Waals surface area (Å²) in [6, 6.07) is 10.7. The molecule has 0 aliphatic rings. The summed E-state index contributed by atoms with van der Waals surface area (Å²) in [5.74, 6) is -0.375. The Hall–Kier alpha value is -3.42. The summed E-state index contributed by atoms with van der Waals surface area (Å²) in [5, 5.41) is 26.5. The number of aliphatic carboxylic acids is 1. The second-order valence-corrected chi connectivity index (χ2v) is 6.83. The number of anilines is 1. The van der Waals surface area contributed by atoms with Crippen molar-refractivity contribution in [2.75, 3.05) is 5.32 Å². The minimum absolute atomic E-state index is 0.0455. The first kappa shape index (κ1) is 17.0. The van der Waals surface area contributed by atoms with Crippen LogP contribution in [-0.4, -0.2) is 37.3 Å². The van der Waals surface area contributed by atoms with Crippen LogP contribution in [0.2, 0.25) is 0 Å². The first-order valence-electron chi connectivity index (χ1n) is 8.62. The number of aromatic nitrogens is 4. The van der Waals surface area contributed by atoms with Crippen LogP contribution in [0.25, 0.3) is 33.3 Å². The van der Waals surface area contributed by atoms with Gasteiger partial charge in [-0.05, 0) is 41.5 Å². The van der Waals surface area contributed by atoms with Gasteiger partial charge < -0.3 is 14.8 Å². The molecule has 1 atom stereocenters. The van der Waals surface area contributed by atoms with Crippen molar-refractivity contribution in [3.63, 3.8) is 0 Å². The van der Waals surface area contributed by atoms with Gasteiger partial charge in [0.25, 0.3) is 0 Å². The third-order valence-corrected chi connectivity index (χ3v) is 4.49. The zero-order valence-corrected chi connectivity index (χ0v) is 15.2. The van der Waals surface area contributed by atoms with Gasteiger partial charge in [0.2, 0.25) is 5.82 Å². The maximum absolute atomic E-state index is 11.4. The molecule has 0 saturated heterocycles. The van der Waals surface area contributed by atoms with Gasteiger partial charge in [-0.1, -0.05) is 13.8 Å². The van der Waals surface area contributed by atoms with Crippen LogP contribution in [-0.2, 0) is 11.8 Å². The van der Waals surface area contributed by atoms with Crippen LogP contribution in [0.3, 0.4) is 0 Å². The predicted octanol–water partition coefficient (Wildman–Crippen LogP) is 3.30. The molecule has 0 bridgehead atoms. The van der Waals surface area contributed by atoms with Gasteiger partial charge in [-0.25, -0.2) is 4.79 Å². The molecule has 8 heteroatoms. The lowest BCUT2D eigenvalue weighted by Gasteiger charge is -2.19. The largest absolute Gasteiger partial charge is 0.480 e. The van der Waals surface area contributed by atoms with Crippen molar-refractivity contribution in [2.24, 2.45) is 13.0 Å². The molecule has 0 saturated carbocycles. The highest BCUT2D eigenvalue weighted by Gasteiger charge is 2.21. The van der Waals surface area contributed by atoms with E-state index in [2.05, 4.69) is 20.7 Å². The quantitative estimate of drug-likeness (QED) is 0.559. The summed E-state index contributed by atoms with van der Waals surface area (Å²) in [6.07, 6.45) is 0. The molecule has 0 amide bonds. The van der Waals surface area contributed by atoms with E-state index < -0.39 is 12.0 Å². The van der Waals surface area contributed by atoms with E-state index in [-0.39, 0.29) is 5.92 Å². The summed E-state index contributed by atoms with van der Waals surface area (Å²) in [6.45, 7) is 3.74. The maximum Gasteiger partial charge on any atom is 0.326 e. The smallest absolute Gasteiger partial charge is 0.326 e. The SMILES string of the molecule is CC(C)C(Nc1ccc2c(c1)oc1ccc(-c3nnn(C)n3)cc12)C(=O)O. The summed E-state index contributed by atoms with van der Waals surface area (Å²) >= 11 is 0. The molecule has 0 aliphatic heterocycles. The molecule has 0 spiro atoms. The summed E-state index contributed by atoms with van der Waals surface area (Å²) in [5.41, 5.74) is 2.99. The van der Waals surface area contributed by atoms with Crippen molar-refractivity contribution >= 4 is 33.6 Å². The minimum atomic E-state index is -0.879. The maximum atomic E-state index is 11.4. The molecule has 2 aromatic carbocycles. The predicted molar refractivity (Wildman–Crippen MR) is 101 cm³/mol. The van der Waals surface area contributed by atoms with E-state index in [4.69, 9.17) is 4.42 Å². The van der Waals surface area contributed by atoms with E-state index in [0.29, 0.717) is 17.1 Å². The highest BCUT2D eigenvalue weighted by Crippen LogP contribution is 2.33. The van der Waals surface area contributed by atoms with Gasteiger partial charge in [0.1, 0.15) is 17.2 Å². The zero-order chi connectivity index (χ0) is 19.1. The van der Waals surface area contributed by atoms with Gasteiger partial charge in [0.15, 0.2) is 0 Å². The van der Waals surface area contributed by atoms with E-state index >= 15 is 0 Å².